The Kier molecular flexibility index (Phi) is 6.93. The van der Waals surface area contributed by atoms with Gasteiger partial charge in [0.25, 0.3) is 0 Å². The number of piperidine rings is 1. The molecule has 0 aromatic heterocycles. The van der Waals surface area contributed by atoms with Gasteiger partial charge in [0.15, 0.2) is 0 Å². The maximum atomic E-state index is 12.7. The van der Waals surface area contributed by atoms with E-state index in [9.17, 15) is 14.4 Å². The molecule has 4 rings (SSSR count). The maximum absolute atomic E-state index is 12.7. The number of hydrogen-bond acceptors (Lipinski definition) is 4. The number of rotatable bonds is 7. The quantitative estimate of drug-likeness (QED) is 0.627. The lowest BCUT2D eigenvalue weighted by Crippen LogP contribution is -2.41. The summed E-state index contributed by atoms with van der Waals surface area (Å²) >= 11 is 0. The number of amides is 3. The van der Waals surface area contributed by atoms with Crippen molar-refractivity contribution < 1.29 is 19.1 Å². The van der Waals surface area contributed by atoms with E-state index in [1.165, 1.54) is 10.5 Å². The average molecular weight is 427 g/mol. The number of benzene rings is 1. The highest BCUT2D eigenvalue weighted by molar-refractivity contribution is 6.05. The third-order valence-corrected chi connectivity index (χ3v) is 7.45. The van der Waals surface area contributed by atoms with Crippen LogP contribution >= 0.6 is 0 Å². The standard InChI is InChI=1S/C25H34N2O4/c1-31-20-10-8-18(9-11-20)6-7-19-12-15-26(16-13-19)23(28)14-17-27-24(29)21-4-2-3-5-22(21)25(27)30/h8-11,19,21-22H,2-7,12-17H2,1H3. The van der Waals surface area contributed by atoms with E-state index in [-0.39, 0.29) is 42.5 Å². The molecule has 1 aliphatic carbocycles. The molecule has 0 bridgehead atoms. The van der Waals surface area contributed by atoms with Crippen molar-refractivity contribution in [2.45, 2.75) is 57.8 Å². The number of fused-ring (bicyclic) bond motifs is 1. The lowest BCUT2D eigenvalue weighted by atomic mass is 9.81. The highest BCUT2D eigenvalue weighted by Crippen LogP contribution is 2.38. The molecule has 1 aromatic rings. The maximum Gasteiger partial charge on any atom is 0.233 e. The van der Waals surface area contributed by atoms with Gasteiger partial charge in [-0.25, -0.2) is 0 Å². The largest absolute Gasteiger partial charge is 0.497 e. The Morgan fingerprint density at radius 2 is 1.58 bits per heavy atom. The van der Waals surface area contributed by atoms with Gasteiger partial charge in [0.1, 0.15) is 5.75 Å². The molecule has 0 spiro atoms. The SMILES string of the molecule is COc1ccc(CCC2CCN(C(=O)CCN3C(=O)C4CCCCC4C3=O)CC2)cc1. The molecule has 2 heterocycles. The summed E-state index contributed by atoms with van der Waals surface area (Å²) in [5.74, 6) is 1.25. The molecule has 0 N–H and O–H groups in total. The molecule has 2 atom stereocenters. The molecule has 0 radical (unpaired) electrons. The van der Waals surface area contributed by atoms with E-state index in [0.717, 1.165) is 70.2 Å². The minimum absolute atomic E-state index is 0.0419. The molecular weight excluding hydrogens is 392 g/mol. The van der Waals surface area contributed by atoms with Gasteiger partial charge in [0.2, 0.25) is 17.7 Å². The topological polar surface area (TPSA) is 66.9 Å². The summed E-state index contributed by atoms with van der Waals surface area (Å²) in [6, 6.07) is 8.24. The Hall–Kier alpha value is -2.37. The van der Waals surface area contributed by atoms with Gasteiger partial charge in [-0.1, -0.05) is 25.0 Å². The number of nitrogens with zero attached hydrogens (tertiary/aromatic N) is 2. The molecule has 6 nitrogen and oxygen atoms in total. The zero-order valence-corrected chi connectivity index (χ0v) is 18.6. The molecule has 31 heavy (non-hydrogen) atoms. The molecule has 1 saturated carbocycles. The summed E-state index contributed by atoms with van der Waals surface area (Å²) in [5.41, 5.74) is 1.32. The van der Waals surface area contributed by atoms with Crippen molar-refractivity contribution in [1.29, 1.82) is 0 Å². The predicted molar refractivity (Wildman–Crippen MR) is 117 cm³/mol. The number of hydrogen-bond donors (Lipinski definition) is 0. The lowest BCUT2D eigenvalue weighted by molar-refractivity contribution is -0.141. The van der Waals surface area contributed by atoms with Gasteiger partial charge in [0, 0.05) is 26.1 Å². The minimum Gasteiger partial charge on any atom is -0.497 e. The van der Waals surface area contributed by atoms with Crippen molar-refractivity contribution in [1.82, 2.24) is 9.80 Å². The highest BCUT2D eigenvalue weighted by Gasteiger charge is 2.47. The van der Waals surface area contributed by atoms with Crippen LogP contribution in [0, 0.1) is 17.8 Å². The van der Waals surface area contributed by atoms with Gasteiger partial charge in [0.05, 0.1) is 18.9 Å². The van der Waals surface area contributed by atoms with E-state index in [1.807, 2.05) is 17.0 Å². The third kappa shape index (κ3) is 4.94. The normalized spacial score (nSPS) is 24.4. The van der Waals surface area contributed by atoms with Crippen molar-refractivity contribution >= 4 is 17.7 Å². The first-order valence-corrected chi connectivity index (χ1v) is 11.8. The van der Waals surface area contributed by atoms with E-state index in [1.54, 1.807) is 7.11 Å². The number of aryl methyl sites for hydroxylation is 1. The first kappa shape index (κ1) is 21.8. The summed E-state index contributed by atoms with van der Waals surface area (Å²) in [6.07, 6.45) is 8.18. The smallest absolute Gasteiger partial charge is 0.233 e. The zero-order chi connectivity index (χ0) is 21.8. The van der Waals surface area contributed by atoms with Gasteiger partial charge in [-0.2, -0.15) is 0 Å². The highest BCUT2D eigenvalue weighted by atomic mass is 16.5. The van der Waals surface area contributed by atoms with Gasteiger partial charge >= 0.3 is 0 Å². The van der Waals surface area contributed by atoms with Crippen LogP contribution in [0.4, 0.5) is 0 Å². The zero-order valence-electron chi connectivity index (χ0n) is 18.6. The van der Waals surface area contributed by atoms with Crippen LogP contribution in [-0.2, 0) is 20.8 Å². The summed E-state index contributed by atoms with van der Waals surface area (Å²) in [6.45, 7) is 1.80. The van der Waals surface area contributed by atoms with Crippen LogP contribution in [0.2, 0.25) is 0 Å². The van der Waals surface area contributed by atoms with Crippen molar-refractivity contribution in [2.24, 2.45) is 17.8 Å². The molecule has 3 aliphatic rings. The Balaban J connectivity index is 1.19. The fourth-order valence-corrected chi connectivity index (χ4v) is 5.45. The van der Waals surface area contributed by atoms with Gasteiger partial charge in [-0.05, 0) is 62.1 Å². The summed E-state index contributed by atoms with van der Waals surface area (Å²) in [5, 5.41) is 0. The van der Waals surface area contributed by atoms with Crippen LogP contribution < -0.4 is 4.74 Å². The van der Waals surface area contributed by atoms with E-state index in [2.05, 4.69) is 12.1 Å². The Labute approximate surface area is 184 Å². The number of carbonyl (C=O) groups excluding carboxylic acids is 3. The molecule has 2 saturated heterocycles. The van der Waals surface area contributed by atoms with Crippen LogP contribution in [0.1, 0.15) is 56.9 Å². The number of carbonyl (C=O) groups is 3. The Morgan fingerprint density at radius 3 is 2.16 bits per heavy atom. The molecule has 2 aliphatic heterocycles. The molecule has 3 fully saturated rings. The van der Waals surface area contributed by atoms with Crippen LogP contribution in [0.15, 0.2) is 24.3 Å². The van der Waals surface area contributed by atoms with Gasteiger partial charge in [-0.15, -0.1) is 0 Å². The second kappa shape index (κ2) is 9.84. The average Bonchev–Trinajstić information content (AvgIpc) is 3.06. The third-order valence-electron chi connectivity index (χ3n) is 7.45. The van der Waals surface area contributed by atoms with Crippen molar-refractivity contribution in [2.75, 3.05) is 26.7 Å². The van der Waals surface area contributed by atoms with Crippen molar-refractivity contribution in [3.63, 3.8) is 0 Å². The second-order valence-electron chi connectivity index (χ2n) is 9.29. The van der Waals surface area contributed by atoms with Gasteiger partial charge < -0.3 is 9.64 Å². The van der Waals surface area contributed by atoms with Crippen LogP contribution in [0.25, 0.3) is 0 Å². The summed E-state index contributed by atoms with van der Waals surface area (Å²) in [4.78, 5) is 41.1. The summed E-state index contributed by atoms with van der Waals surface area (Å²) < 4.78 is 5.21. The predicted octanol–water partition coefficient (Wildman–Crippen LogP) is 3.43. The summed E-state index contributed by atoms with van der Waals surface area (Å²) in [7, 11) is 1.68. The molecule has 2 unspecified atom stereocenters. The van der Waals surface area contributed by atoms with E-state index in [4.69, 9.17) is 4.74 Å². The molecule has 1 aromatic carbocycles. The molecule has 3 amide bonds. The Morgan fingerprint density at radius 1 is 0.968 bits per heavy atom. The molecule has 168 valence electrons. The first-order valence-electron chi connectivity index (χ1n) is 11.8. The number of likely N-dealkylation sites (tertiary alicyclic amines) is 2. The van der Waals surface area contributed by atoms with Crippen LogP contribution in [-0.4, -0.2) is 54.3 Å². The van der Waals surface area contributed by atoms with E-state index < -0.39 is 0 Å². The second-order valence-corrected chi connectivity index (χ2v) is 9.29. The van der Waals surface area contributed by atoms with Gasteiger partial charge in [-0.3, -0.25) is 19.3 Å². The number of ether oxygens (including phenoxy) is 1. The Bertz CT molecular complexity index is 774. The lowest BCUT2D eigenvalue weighted by Gasteiger charge is -2.32. The number of methoxy groups -OCH3 is 1. The number of imide groups is 1. The fraction of sp³-hybridized carbons (Fsp3) is 0.640. The van der Waals surface area contributed by atoms with E-state index >= 15 is 0 Å². The van der Waals surface area contributed by atoms with Crippen LogP contribution in [0.5, 0.6) is 5.75 Å². The fourth-order valence-electron chi connectivity index (χ4n) is 5.45. The molecule has 6 heteroatoms. The van der Waals surface area contributed by atoms with Crippen molar-refractivity contribution in [3.8, 4) is 5.75 Å². The monoisotopic (exact) mass is 426 g/mol. The molecular formula is C25H34N2O4. The van der Waals surface area contributed by atoms with Crippen LogP contribution in [0.3, 0.4) is 0 Å². The van der Waals surface area contributed by atoms with E-state index in [0.29, 0.717) is 5.92 Å². The minimum atomic E-state index is -0.127. The van der Waals surface area contributed by atoms with Crippen molar-refractivity contribution in [3.05, 3.63) is 29.8 Å². The first-order chi connectivity index (χ1) is 15.1.